The maximum atomic E-state index is 12.5. The van der Waals surface area contributed by atoms with Gasteiger partial charge >= 0.3 is 0 Å². The summed E-state index contributed by atoms with van der Waals surface area (Å²) in [6.45, 7) is 6.77. The van der Waals surface area contributed by atoms with Crippen LogP contribution >= 0.6 is 0 Å². The fourth-order valence-corrected chi connectivity index (χ4v) is 3.12. The number of ether oxygens (including phenoxy) is 1. The summed E-state index contributed by atoms with van der Waals surface area (Å²) in [5.41, 5.74) is 2.98. The van der Waals surface area contributed by atoms with Crippen molar-refractivity contribution in [2.24, 2.45) is 0 Å². The van der Waals surface area contributed by atoms with Gasteiger partial charge in [-0.15, -0.1) is 0 Å². The van der Waals surface area contributed by atoms with E-state index in [9.17, 15) is 15.0 Å². The van der Waals surface area contributed by atoms with Crippen LogP contribution in [0.15, 0.2) is 36.4 Å². The van der Waals surface area contributed by atoms with Crippen molar-refractivity contribution in [1.29, 1.82) is 0 Å². The van der Waals surface area contributed by atoms with Crippen molar-refractivity contribution >= 4 is 11.9 Å². The van der Waals surface area contributed by atoms with E-state index in [4.69, 9.17) is 4.74 Å². The van der Waals surface area contributed by atoms with Crippen molar-refractivity contribution < 1.29 is 19.7 Å². The summed E-state index contributed by atoms with van der Waals surface area (Å²) in [5, 5.41) is 20.2. The van der Waals surface area contributed by atoms with Gasteiger partial charge in [0, 0.05) is 5.56 Å². The third kappa shape index (κ3) is 5.38. The summed E-state index contributed by atoms with van der Waals surface area (Å²) in [7, 11) is 0. The van der Waals surface area contributed by atoms with Gasteiger partial charge < -0.3 is 14.9 Å². The van der Waals surface area contributed by atoms with E-state index in [1.165, 1.54) is 18.2 Å². The van der Waals surface area contributed by atoms with Crippen molar-refractivity contribution in [3.8, 4) is 17.2 Å². The number of ketones is 1. The van der Waals surface area contributed by atoms with Gasteiger partial charge in [0.05, 0.1) is 12.2 Å². The molecular formula is C24H30O4. The second-order valence-electron chi connectivity index (χ2n) is 6.88. The average Bonchev–Trinajstić information content (AvgIpc) is 2.69. The molecule has 2 rings (SSSR count). The highest BCUT2D eigenvalue weighted by Crippen LogP contribution is 2.38. The first-order chi connectivity index (χ1) is 13.5. The number of hydrogen-bond acceptors (Lipinski definition) is 4. The molecular weight excluding hydrogens is 352 g/mol. The van der Waals surface area contributed by atoms with Gasteiger partial charge in [0.25, 0.3) is 0 Å². The van der Waals surface area contributed by atoms with Gasteiger partial charge in [-0.1, -0.05) is 33.6 Å². The molecule has 0 aromatic heterocycles. The first kappa shape index (κ1) is 21.5. The van der Waals surface area contributed by atoms with Gasteiger partial charge in [-0.25, -0.2) is 0 Å². The Morgan fingerprint density at radius 1 is 0.964 bits per heavy atom. The maximum absolute atomic E-state index is 12.5. The van der Waals surface area contributed by atoms with Crippen LogP contribution in [0.3, 0.4) is 0 Å². The molecule has 0 saturated carbocycles. The van der Waals surface area contributed by atoms with Crippen LogP contribution in [0, 0.1) is 0 Å². The van der Waals surface area contributed by atoms with Gasteiger partial charge in [-0.2, -0.15) is 0 Å². The lowest BCUT2D eigenvalue weighted by molar-refractivity contribution is 0.104. The molecule has 0 spiro atoms. The molecule has 4 nitrogen and oxygen atoms in total. The Morgan fingerprint density at radius 3 is 2.21 bits per heavy atom. The van der Waals surface area contributed by atoms with E-state index in [1.807, 2.05) is 13.0 Å². The quantitative estimate of drug-likeness (QED) is 0.409. The van der Waals surface area contributed by atoms with Crippen LogP contribution in [0.2, 0.25) is 0 Å². The molecule has 0 unspecified atom stereocenters. The molecule has 0 aliphatic heterocycles. The summed E-state index contributed by atoms with van der Waals surface area (Å²) in [5.74, 6) is 0.766. The molecule has 4 heteroatoms. The van der Waals surface area contributed by atoms with E-state index < -0.39 is 0 Å². The van der Waals surface area contributed by atoms with Gasteiger partial charge in [0.1, 0.15) is 17.2 Å². The van der Waals surface area contributed by atoms with Gasteiger partial charge in [0.2, 0.25) is 0 Å². The van der Waals surface area contributed by atoms with Crippen LogP contribution in [-0.4, -0.2) is 22.6 Å². The molecule has 0 radical (unpaired) electrons. The Balaban J connectivity index is 2.48. The third-order valence-corrected chi connectivity index (χ3v) is 4.49. The standard InChI is InChI=1S/C24H30O4/c1-4-7-18-16-19(8-5-2)24(28-15-6-3)21(23(18)27)13-14-22(26)17-9-11-20(25)12-10-17/h9-14,16,25,27H,4-8,15H2,1-3H3/b14-13+. The summed E-state index contributed by atoms with van der Waals surface area (Å²) in [4.78, 5) is 12.5. The molecule has 0 heterocycles. The lowest BCUT2D eigenvalue weighted by atomic mass is 9.96. The van der Waals surface area contributed by atoms with Crippen molar-refractivity contribution in [1.82, 2.24) is 0 Å². The highest BCUT2D eigenvalue weighted by Gasteiger charge is 2.17. The largest absolute Gasteiger partial charge is 0.508 e. The normalized spacial score (nSPS) is 11.1. The molecule has 0 bridgehead atoms. The number of hydrogen-bond donors (Lipinski definition) is 2. The second kappa shape index (κ2) is 10.5. The smallest absolute Gasteiger partial charge is 0.185 e. The van der Waals surface area contributed by atoms with Crippen molar-refractivity contribution in [2.45, 2.75) is 52.9 Å². The van der Waals surface area contributed by atoms with Gasteiger partial charge in [-0.05, 0) is 72.9 Å². The molecule has 0 amide bonds. The number of benzene rings is 2. The van der Waals surface area contributed by atoms with Gasteiger partial charge in [-0.3, -0.25) is 4.79 Å². The van der Waals surface area contributed by atoms with Crippen LogP contribution in [0.1, 0.15) is 67.1 Å². The molecule has 150 valence electrons. The summed E-state index contributed by atoms with van der Waals surface area (Å²) >= 11 is 0. The molecule has 2 N–H and O–H groups in total. The topological polar surface area (TPSA) is 66.8 Å². The number of phenols is 2. The Bertz CT molecular complexity index is 819. The predicted octanol–water partition coefficient (Wildman–Crippen LogP) is 5.69. The van der Waals surface area contributed by atoms with Crippen LogP contribution in [0.4, 0.5) is 0 Å². The average molecular weight is 383 g/mol. The fourth-order valence-electron chi connectivity index (χ4n) is 3.12. The summed E-state index contributed by atoms with van der Waals surface area (Å²) < 4.78 is 5.98. The number of allylic oxidation sites excluding steroid dienone is 1. The number of aryl methyl sites for hydroxylation is 2. The highest BCUT2D eigenvalue weighted by atomic mass is 16.5. The molecule has 0 aliphatic rings. The Morgan fingerprint density at radius 2 is 1.61 bits per heavy atom. The second-order valence-corrected chi connectivity index (χ2v) is 6.88. The molecule has 2 aromatic carbocycles. The van der Waals surface area contributed by atoms with Crippen molar-refractivity contribution in [2.75, 3.05) is 6.61 Å². The van der Waals surface area contributed by atoms with Gasteiger partial charge in [0.15, 0.2) is 5.78 Å². The molecule has 0 fully saturated rings. The van der Waals surface area contributed by atoms with Crippen LogP contribution in [-0.2, 0) is 12.8 Å². The van der Waals surface area contributed by atoms with Crippen LogP contribution < -0.4 is 4.74 Å². The minimum absolute atomic E-state index is 0.116. The number of carbonyl (C=O) groups excluding carboxylic acids is 1. The molecule has 0 aliphatic carbocycles. The van der Waals surface area contributed by atoms with E-state index in [2.05, 4.69) is 13.8 Å². The highest BCUT2D eigenvalue weighted by molar-refractivity contribution is 6.07. The summed E-state index contributed by atoms with van der Waals surface area (Å²) in [6, 6.07) is 8.15. The minimum Gasteiger partial charge on any atom is -0.508 e. The van der Waals surface area contributed by atoms with Crippen molar-refractivity contribution in [3.63, 3.8) is 0 Å². The van der Waals surface area contributed by atoms with E-state index in [1.54, 1.807) is 18.2 Å². The van der Waals surface area contributed by atoms with Crippen LogP contribution in [0.25, 0.3) is 6.08 Å². The molecule has 2 aromatic rings. The van der Waals surface area contributed by atoms with Crippen molar-refractivity contribution in [3.05, 3.63) is 58.7 Å². The molecule has 0 atom stereocenters. The monoisotopic (exact) mass is 382 g/mol. The third-order valence-electron chi connectivity index (χ3n) is 4.49. The lowest BCUT2D eigenvalue weighted by Crippen LogP contribution is -2.04. The number of phenolic OH excluding ortho intramolecular Hbond substituents is 2. The molecule has 28 heavy (non-hydrogen) atoms. The zero-order chi connectivity index (χ0) is 20.5. The first-order valence-electron chi connectivity index (χ1n) is 10.0. The van der Waals surface area contributed by atoms with E-state index >= 15 is 0 Å². The molecule has 0 saturated heterocycles. The van der Waals surface area contributed by atoms with E-state index in [0.717, 1.165) is 43.2 Å². The maximum Gasteiger partial charge on any atom is 0.185 e. The minimum atomic E-state index is -0.196. The Kier molecular flexibility index (Phi) is 8.12. The Hall–Kier alpha value is -2.75. The Labute approximate surface area is 167 Å². The van der Waals surface area contributed by atoms with E-state index in [-0.39, 0.29) is 17.3 Å². The zero-order valence-corrected chi connectivity index (χ0v) is 17.0. The zero-order valence-electron chi connectivity index (χ0n) is 17.0. The number of carbonyl (C=O) groups is 1. The summed E-state index contributed by atoms with van der Waals surface area (Å²) in [6.07, 6.45) is 7.46. The lowest BCUT2D eigenvalue weighted by Gasteiger charge is -2.18. The number of aromatic hydroxyl groups is 2. The van der Waals surface area contributed by atoms with Crippen LogP contribution in [0.5, 0.6) is 17.2 Å². The van der Waals surface area contributed by atoms with E-state index in [0.29, 0.717) is 23.5 Å². The number of rotatable bonds is 10. The predicted molar refractivity (Wildman–Crippen MR) is 113 cm³/mol. The SMILES string of the molecule is CCCOc1c(CCC)cc(CCC)c(O)c1/C=C/C(=O)c1ccc(O)cc1. The fraction of sp³-hybridized carbons (Fsp3) is 0.375. The first-order valence-corrected chi connectivity index (χ1v) is 10.0.